The van der Waals surface area contributed by atoms with Gasteiger partial charge in [0.05, 0.1) is 6.20 Å². The smallest absolute Gasteiger partial charge is 0.0537 e. The number of thioether (sulfide) groups is 1. The molecule has 20 heavy (non-hydrogen) atoms. The van der Waals surface area contributed by atoms with Crippen LogP contribution in [0.4, 0.5) is 0 Å². The number of rotatable bonds is 7. The highest BCUT2D eigenvalue weighted by Gasteiger charge is 2.12. The van der Waals surface area contributed by atoms with Gasteiger partial charge in [0.15, 0.2) is 0 Å². The third kappa shape index (κ3) is 4.36. The third-order valence-electron chi connectivity index (χ3n) is 3.09. The van der Waals surface area contributed by atoms with Gasteiger partial charge in [-0.05, 0) is 37.7 Å². The summed E-state index contributed by atoms with van der Waals surface area (Å²) < 4.78 is 3.14. The first kappa shape index (κ1) is 15.6. The number of aromatic nitrogens is 2. The highest BCUT2D eigenvalue weighted by Crippen LogP contribution is 2.25. The van der Waals surface area contributed by atoms with Crippen molar-refractivity contribution in [2.75, 3.05) is 12.8 Å². The fourth-order valence-corrected chi connectivity index (χ4v) is 3.28. The van der Waals surface area contributed by atoms with E-state index in [9.17, 15) is 0 Å². The molecule has 0 bridgehead atoms. The van der Waals surface area contributed by atoms with Crippen LogP contribution in [0.1, 0.15) is 24.9 Å². The summed E-state index contributed by atoms with van der Waals surface area (Å²) in [7, 11) is 2.00. The van der Waals surface area contributed by atoms with Crippen LogP contribution in [0.5, 0.6) is 0 Å². The van der Waals surface area contributed by atoms with Gasteiger partial charge in [-0.25, -0.2) is 0 Å². The van der Waals surface area contributed by atoms with Crippen molar-refractivity contribution >= 4 is 27.7 Å². The van der Waals surface area contributed by atoms with E-state index in [0.29, 0.717) is 6.04 Å². The molecule has 1 N–H and O–H groups in total. The van der Waals surface area contributed by atoms with Gasteiger partial charge in [0, 0.05) is 39.5 Å². The number of nitrogens with zero attached hydrogens (tertiary/aromatic N) is 2. The molecule has 1 heterocycles. The van der Waals surface area contributed by atoms with Crippen molar-refractivity contribution < 1.29 is 0 Å². The molecule has 1 atom stereocenters. The largest absolute Gasteiger partial charge is 0.312 e. The topological polar surface area (TPSA) is 29.9 Å². The van der Waals surface area contributed by atoms with E-state index in [1.165, 1.54) is 10.5 Å². The Labute approximate surface area is 133 Å². The van der Waals surface area contributed by atoms with Crippen LogP contribution < -0.4 is 5.32 Å². The van der Waals surface area contributed by atoms with Crippen molar-refractivity contribution in [2.45, 2.75) is 30.8 Å². The molecule has 0 fully saturated rings. The van der Waals surface area contributed by atoms with Gasteiger partial charge < -0.3 is 5.32 Å². The maximum absolute atomic E-state index is 4.40. The molecule has 0 aliphatic carbocycles. The van der Waals surface area contributed by atoms with Gasteiger partial charge in [-0.3, -0.25) is 4.68 Å². The molecule has 0 amide bonds. The minimum atomic E-state index is 0.328. The highest BCUT2D eigenvalue weighted by atomic mass is 79.9. The Kier molecular flexibility index (Phi) is 6.13. The van der Waals surface area contributed by atoms with Gasteiger partial charge in [0.25, 0.3) is 0 Å². The zero-order valence-electron chi connectivity index (χ0n) is 11.8. The standard InChI is InChI=1S/C15H20BrN3S/c1-3-8-19-10-12(9-18-19)15(17-2)11-20-14-6-4-13(16)5-7-14/h4-7,9-10,15,17H,3,8,11H2,1-2H3. The molecule has 1 aromatic carbocycles. The summed E-state index contributed by atoms with van der Waals surface area (Å²) >= 11 is 5.32. The van der Waals surface area contributed by atoms with Crippen molar-refractivity contribution in [3.63, 3.8) is 0 Å². The molecule has 1 aromatic heterocycles. The molecule has 0 saturated carbocycles. The second kappa shape index (κ2) is 7.86. The Morgan fingerprint density at radius 1 is 1.35 bits per heavy atom. The van der Waals surface area contributed by atoms with Crippen molar-refractivity contribution in [3.8, 4) is 0 Å². The molecule has 1 unspecified atom stereocenters. The van der Waals surface area contributed by atoms with E-state index in [-0.39, 0.29) is 0 Å². The Morgan fingerprint density at radius 2 is 2.10 bits per heavy atom. The monoisotopic (exact) mass is 353 g/mol. The highest BCUT2D eigenvalue weighted by molar-refractivity contribution is 9.10. The Balaban J connectivity index is 1.95. The Hall–Kier alpha value is -0.780. The van der Waals surface area contributed by atoms with Crippen LogP contribution >= 0.6 is 27.7 Å². The predicted molar refractivity (Wildman–Crippen MR) is 89.2 cm³/mol. The average Bonchev–Trinajstić information content (AvgIpc) is 2.91. The summed E-state index contributed by atoms with van der Waals surface area (Å²) in [4.78, 5) is 1.29. The second-order valence-electron chi connectivity index (χ2n) is 4.64. The van der Waals surface area contributed by atoms with E-state index in [1.807, 2.05) is 29.7 Å². The predicted octanol–water partition coefficient (Wildman–Crippen LogP) is 4.11. The lowest BCUT2D eigenvalue weighted by molar-refractivity contribution is 0.599. The van der Waals surface area contributed by atoms with E-state index < -0.39 is 0 Å². The van der Waals surface area contributed by atoms with Gasteiger partial charge in [0.1, 0.15) is 0 Å². The van der Waals surface area contributed by atoms with Gasteiger partial charge in [0.2, 0.25) is 0 Å². The van der Waals surface area contributed by atoms with Crippen LogP contribution in [0.3, 0.4) is 0 Å². The lowest BCUT2D eigenvalue weighted by atomic mass is 10.2. The minimum absolute atomic E-state index is 0.328. The Morgan fingerprint density at radius 3 is 2.75 bits per heavy atom. The number of benzene rings is 1. The summed E-state index contributed by atoms with van der Waals surface area (Å²) in [6, 6.07) is 8.77. The van der Waals surface area contributed by atoms with Crippen LogP contribution in [-0.4, -0.2) is 22.6 Å². The summed E-state index contributed by atoms with van der Waals surface area (Å²) in [6.45, 7) is 3.15. The van der Waals surface area contributed by atoms with E-state index in [1.54, 1.807) is 0 Å². The molecular formula is C15H20BrN3S. The van der Waals surface area contributed by atoms with E-state index >= 15 is 0 Å². The van der Waals surface area contributed by atoms with E-state index in [2.05, 4.69) is 63.7 Å². The van der Waals surface area contributed by atoms with Gasteiger partial charge in [-0.15, -0.1) is 11.8 Å². The summed E-state index contributed by atoms with van der Waals surface area (Å²) in [5.41, 5.74) is 1.26. The molecule has 2 aromatic rings. The first-order valence-electron chi connectivity index (χ1n) is 6.81. The molecule has 5 heteroatoms. The van der Waals surface area contributed by atoms with Gasteiger partial charge in [-0.2, -0.15) is 5.10 Å². The van der Waals surface area contributed by atoms with Crippen LogP contribution in [-0.2, 0) is 6.54 Å². The molecule has 0 aliphatic heterocycles. The van der Waals surface area contributed by atoms with Crippen molar-refractivity contribution in [2.24, 2.45) is 0 Å². The first-order chi connectivity index (χ1) is 9.72. The van der Waals surface area contributed by atoms with Crippen LogP contribution in [0.2, 0.25) is 0 Å². The fourth-order valence-electron chi connectivity index (χ4n) is 1.97. The van der Waals surface area contributed by atoms with Crippen molar-refractivity contribution in [1.29, 1.82) is 0 Å². The zero-order valence-corrected chi connectivity index (χ0v) is 14.2. The second-order valence-corrected chi connectivity index (χ2v) is 6.65. The van der Waals surface area contributed by atoms with Crippen LogP contribution in [0.25, 0.3) is 0 Å². The molecule has 2 rings (SSSR count). The van der Waals surface area contributed by atoms with Gasteiger partial charge in [-0.1, -0.05) is 22.9 Å². The number of aryl methyl sites for hydroxylation is 1. The lowest BCUT2D eigenvalue weighted by Crippen LogP contribution is -2.18. The SMILES string of the molecule is CCCn1cc(C(CSc2ccc(Br)cc2)NC)cn1. The van der Waals surface area contributed by atoms with Gasteiger partial charge >= 0.3 is 0 Å². The molecule has 0 saturated heterocycles. The summed E-state index contributed by atoms with van der Waals surface area (Å²) in [6.07, 6.45) is 5.23. The number of hydrogen-bond donors (Lipinski definition) is 1. The average molecular weight is 354 g/mol. The molecular weight excluding hydrogens is 334 g/mol. The fraction of sp³-hybridized carbons (Fsp3) is 0.400. The van der Waals surface area contributed by atoms with Crippen molar-refractivity contribution in [1.82, 2.24) is 15.1 Å². The summed E-state index contributed by atoms with van der Waals surface area (Å²) in [5, 5.41) is 7.77. The third-order valence-corrected chi connectivity index (χ3v) is 4.72. The number of hydrogen-bond acceptors (Lipinski definition) is 3. The van der Waals surface area contributed by atoms with E-state index in [0.717, 1.165) is 23.2 Å². The molecule has 3 nitrogen and oxygen atoms in total. The first-order valence-corrected chi connectivity index (χ1v) is 8.58. The molecule has 0 radical (unpaired) electrons. The maximum Gasteiger partial charge on any atom is 0.0537 e. The normalized spacial score (nSPS) is 12.6. The maximum atomic E-state index is 4.40. The quantitative estimate of drug-likeness (QED) is 0.759. The lowest BCUT2D eigenvalue weighted by Gasteiger charge is -2.14. The molecule has 108 valence electrons. The zero-order chi connectivity index (χ0) is 14.4. The minimum Gasteiger partial charge on any atom is -0.312 e. The Bertz CT molecular complexity index is 524. The van der Waals surface area contributed by atoms with Crippen molar-refractivity contribution in [3.05, 3.63) is 46.7 Å². The summed E-state index contributed by atoms with van der Waals surface area (Å²) in [5.74, 6) is 0.996. The molecule has 0 aliphatic rings. The van der Waals surface area contributed by atoms with E-state index in [4.69, 9.17) is 0 Å². The number of nitrogens with one attached hydrogen (secondary N) is 1. The van der Waals surface area contributed by atoms with Crippen LogP contribution in [0, 0.1) is 0 Å². The number of halogens is 1. The molecule has 0 spiro atoms. The van der Waals surface area contributed by atoms with Crippen LogP contribution in [0.15, 0.2) is 46.0 Å².